The van der Waals surface area contributed by atoms with Gasteiger partial charge in [0, 0.05) is 5.56 Å². The topological polar surface area (TPSA) is 7.68 Å². The van der Waals surface area contributed by atoms with Crippen molar-refractivity contribution < 1.29 is 13.7 Å². The van der Waals surface area contributed by atoms with E-state index in [1.54, 1.807) is 6.07 Å². The monoisotopic (exact) mass is 367 g/mol. The molecule has 1 aliphatic rings. The Bertz CT molecular complexity index is 655. The fraction of sp³-hybridized carbons (Fsp3) is 0.294. The van der Waals surface area contributed by atoms with Crippen molar-refractivity contribution in [3.8, 4) is 0 Å². The minimum atomic E-state index is -0.233. The summed E-state index contributed by atoms with van der Waals surface area (Å²) in [6.45, 7) is 4.42. The van der Waals surface area contributed by atoms with Crippen molar-refractivity contribution in [3.63, 3.8) is 0 Å². The molecular formula is C17H18BrF2N2+. The van der Waals surface area contributed by atoms with Crippen molar-refractivity contribution in [2.24, 2.45) is 0 Å². The number of hydrogen-bond acceptors (Lipinski definition) is 1. The van der Waals surface area contributed by atoms with E-state index in [-0.39, 0.29) is 11.6 Å². The number of halogens is 3. The fourth-order valence-corrected chi connectivity index (χ4v) is 3.31. The molecule has 0 aromatic heterocycles. The molecule has 2 aromatic carbocycles. The number of anilines is 1. The van der Waals surface area contributed by atoms with E-state index in [4.69, 9.17) is 0 Å². The summed E-state index contributed by atoms with van der Waals surface area (Å²) < 4.78 is 27.6. The van der Waals surface area contributed by atoms with Gasteiger partial charge in [-0.05, 0) is 40.2 Å². The lowest BCUT2D eigenvalue weighted by Gasteiger charge is -2.33. The normalized spacial score (nSPS) is 16.0. The lowest BCUT2D eigenvalue weighted by molar-refractivity contribution is -0.914. The molecular weight excluding hydrogens is 350 g/mol. The highest BCUT2D eigenvalue weighted by Gasteiger charge is 2.22. The van der Waals surface area contributed by atoms with Crippen LogP contribution in [-0.4, -0.2) is 26.2 Å². The first-order valence-corrected chi connectivity index (χ1v) is 8.20. The van der Waals surface area contributed by atoms with Gasteiger partial charge in [0.15, 0.2) is 0 Å². The summed E-state index contributed by atoms with van der Waals surface area (Å²) in [6, 6.07) is 12.1. The van der Waals surface area contributed by atoms with Crippen molar-refractivity contribution in [2.75, 3.05) is 31.1 Å². The zero-order chi connectivity index (χ0) is 15.5. The van der Waals surface area contributed by atoms with Crippen molar-refractivity contribution in [1.82, 2.24) is 0 Å². The molecule has 116 valence electrons. The second-order valence-corrected chi connectivity index (χ2v) is 6.47. The summed E-state index contributed by atoms with van der Waals surface area (Å²) in [6.07, 6.45) is 0. The minimum Gasteiger partial charge on any atom is -0.358 e. The van der Waals surface area contributed by atoms with Gasteiger partial charge in [-0.2, -0.15) is 0 Å². The maximum atomic E-state index is 13.8. The highest BCUT2D eigenvalue weighted by atomic mass is 79.9. The van der Waals surface area contributed by atoms with Gasteiger partial charge >= 0.3 is 0 Å². The lowest BCUT2D eigenvalue weighted by Crippen LogP contribution is -3.13. The van der Waals surface area contributed by atoms with Gasteiger partial charge in [0.2, 0.25) is 0 Å². The summed E-state index contributed by atoms with van der Waals surface area (Å²) in [4.78, 5) is 3.53. The van der Waals surface area contributed by atoms with Crippen LogP contribution in [0.3, 0.4) is 0 Å². The lowest BCUT2D eigenvalue weighted by atomic mass is 10.2. The van der Waals surface area contributed by atoms with E-state index >= 15 is 0 Å². The Hall–Kier alpha value is -1.46. The molecule has 0 spiro atoms. The van der Waals surface area contributed by atoms with Gasteiger partial charge in [-0.25, -0.2) is 8.78 Å². The number of rotatable bonds is 3. The second-order valence-electron chi connectivity index (χ2n) is 5.61. The van der Waals surface area contributed by atoms with Crippen molar-refractivity contribution in [3.05, 3.63) is 64.1 Å². The Labute approximate surface area is 137 Å². The maximum absolute atomic E-state index is 13.8. The minimum absolute atomic E-state index is 0.159. The van der Waals surface area contributed by atoms with E-state index in [0.717, 1.165) is 38.3 Å². The van der Waals surface area contributed by atoms with Gasteiger partial charge < -0.3 is 9.80 Å². The maximum Gasteiger partial charge on any atom is 0.146 e. The summed E-state index contributed by atoms with van der Waals surface area (Å²) in [5.74, 6) is -0.392. The fourth-order valence-electron chi connectivity index (χ4n) is 2.89. The zero-order valence-electron chi connectivity index (χ0n) is 12.2. The summed E-state index contributed by atoms with van der Waals surface area (Å²) in [5.41, 5.74) is 1.80. The first-order valence-electron chi connectivity index (χ1n) is 7.40. The van der Waals surface area contributed by atoms with Crippen LogP contribution in [0.15, 0.2) is 46.9 Å². The molecule has 0 unspecified atom stereocenters. The third-order valence-corrected chi connectivity index (χ3v) is 4.71. The summed E-state index contributed by atoms with van der Waals surface area (Å²) >= 11 is 3.22. The number of piperazine rings is 1. The van der Waals surface area contributed by atoms with Crippen LogP contribution >= 0.6 is 15.9 Å². The van der Waals surface area contributed by atoms with Gasteiger partial charge in [-0.3, -0.25) is 0 Å². The Morgan fingerprint density at radius 2 is 1.73 bits per heavy atom. The van der Waals surface area contributed by atoms with E-state index in [1.165, 1.54) is 17.0 Å². The van der Waals surface area contributed by atoms with E-state index in [1.807, 2.05) is 24.3 Å². The van der Waals surface area contributed by atoms with Crippen molar-refractivity contribution in [1.29, 1.82) is 0 Å². The van der Waals surface area contributed by atoms with Crippen molar-refractivity contribution >= 4 is 21.6 Å². The first-order chi connectivity index (χ1) is 10.6. The second kappa shape index (κ2) is 6.75. The van der Waals surface area contributed by atoms with E-state index < -0.39 is 0 Å². The number of para-hydroxylation sites is 1. The van der Waals surface area contributed by atoms with Gasteiger partial charge in [0.1, 0.15) is 18.2 Å². The molecule has 1 aliphatic heterocycles. The summed E-state index contributed by atoms with van der Waals surface area (Å²) in [7, 11) is 0. The average Bonchev–Trinajstić information content (AvgIpc) is 2.52. The molecule has 1 heterocycles. The number of hydrogen-bond donors (Lipinski definition) is 1. The summed E-state index contributed by atoms with van der Waals surface area (Å²) in [5, 5.41) is 0. The molecule has 0 aliphatic carbocycles. The van der Waals surface area contributed by atoms with Crippen LogP contribution in [0, 0.1) is 11.6 Å². The van der Waals surface area contributed by atoms with E-state index in [2.05, 4.69) is 20.8 Å². The van der Waals surface area contributed by atoms with E-state index in [0.29, 0.717) is 10.2 Å². The number of nitrogens with zero attached hydrogens (tertiary/aromatic N) is 1. The molecule has 0 bridgehead atoms. The molecule has 1 fully saturated rings. The third kappa shape index (κ3) is 3.47. The van der Waals surface area contributed by atoms with Gasteiger partial charge in [-0.1, -0.05) is 18.2 Å². The predicted molar refractivity (Wildman–Crippen MR) is 87.1 cm³/mol. The number of nitrogens with one attached hydrogen (secondary N) is 1. The molecule has 0 radical (unpaired) electrons. The average molecular weight is 368 g/mol. The van der Waals surface area contributed by atoms with Gasteiger partial charge in [-0.15, -0.1) is 0 Å². The molecule has 2 aromatic rings. The Morgan fingerprint density at radius 1 is 1.00 bits per heavy atom. The van der Waals surface area contributed by atoms with Gasteiger partial charge in [0.05, 0.1) is 36.3 Å². The molecule has 3 rings (SSSR count). The number of quaternary nitrogens is 1. The van der Waals surface area contributed by atoms with Crippen LogP contribution in [0.2, 0.25) is 0 Å². The van der Waals surface area contributed by atoms with Crippen molar-refractivity contribution in [2.45, 2.75) is 6.54 Å². The molecule has 5 heteroatoms. The smallest absolute Gasteiger partial charge is 0.146 e. The Balaban J connectivity index is 1.60. The van der Waals surface area contributed by atoms with Gasteiger partial charge in [0.25, 0.3) is 0 Å². The quantitative estimate of drug-likeness (QED) is 0.876. The zero-order valence-corrected chi connectivity index (χ0v) is 13.7. The molecule has 0 saturated carbocycles. The molecule has 22 heavy (non-hydrogen) atoms. The Morgan fingerprint density at radius 3 is 2.41 bits per heavy atom. The standard InChI is InChI=1S/C17H17BrF2N2/c18-14-11-13(5-6-15(14)19)12-21-7-9-22(10-8-21)17-4-2-1-3-16(17)20/h1-6,11H,7-10,12H2/p+1. The van der Waals surface area contributed by atoms with Crippen LogP contribution in [-0.2, 0) is 6.54 Å². The Kier molecular flexibility index (Phi) is 4.74. The number of benzene rings is 2. The van der Waals surface area contributed by atoms with Crippen LogP contribution in [0.1, 0.15) is 5.56 Å². The highest BCUT2D eigenvalue weighted by Crippen LogP contribution is 2.19. The first kappa shape index (κ1) is 15.4. The molecule has 0 amide bonds. The van der Waals surface area contributed by atoms with Crippen LogP contribution in [0.5, 0.6) is 0 Å². The van der Waals surface area contributed by atoms with Crippen LogP contribution in [0.4, 0.5) is 14.5 Å². The van der Waals surface area contributed by atoms with E-state index in [9.17, 15) is 8.78 Å². The molecule has 0 atom stereocenters. The van der Waals surface area contributed by atoms with Crippen LogP contribution in [0.25, 0.3) is 0 Å². The molecule has 2 nitrogen and oxygen atoms in total. The molecule has 1 saturated heterocycles. The largest absolute Gasteiger partial charge is 0.358 e. The highest BCUT2D eigenvalue weighted by molar-refractivity contribution is 9.10. The third-order valence-electron chi connectivity index (χ3n) is 4.10. The molecule has 1 N–H and O–H groups in total. The SMILES string of the molecule is Fc1ccc(C[NH+]2CCN(c3ccccc3F)CC2)cc1Br. The predicted octanol–water partition coefficient (Wildman–Crippen LogP) is 2.63. The van der Waals surface area contributed by atoms with Crippen LogP contribution < -0.4 is 9.80 Å².